The first-order valence-corrected chi connectivity index (χ1v) is 11.6. The van der Waals surface area contributed by atoms with E-state index in [4.69, 9.17) is 16.6 Å². The smallest absolute Gasteiger partial charge is 0.259 e. The largest absolute Gasteiger partial charge is 0.322 e. The Balaban J connectivity index is 1.30. The van der Waals surface area contributed by atoms with E-state index in [0.29, 0.717) is 16.3 Å². The van der Waals surface area contributed by atoms with E-state index < -0.39 is 0 Å². The number of benzene rings is 3. The van der Waals surface area contributed by atoms with E-state index in [2.05, 4.69) is 10.4 Å². The molecule has 2 aromatic heterocycles. The van der Waals surface area contributed by atoms with Gasteiger partial charge < -0.3 is 5.32 Å². The molecule has 0 bridgehead atoms. The van der Waals surface area contributed by atoms with E-state index in [1.54, 1.807) is 22.2 Å². The number of para-hydroxylation sites is 1. The minimum atomic E-state index is -0.193. The lowest BCUT2D eigenvalue weighted by Crippen LogP contribution is -2.13. The van der Waals surface area contributed by atoms with E-state index in [1.165, 1.54) is 0 Å². The molecule has 0 aliphatic rings. The second-order valence-corrected chi connectivity index (χ2v) is 8.76. The highest BCUT2D eigenvalue weighted by Crippen LogP contribution is 2.30. The minimum Gasteiger partial charge on any atom is -0.322 e. The highest BCUT2D eigenvalue weighted by atomic mass is 35.5. The van der Waals surface area contributed by atoms with E-state index >= 15 is 0 Å². The van der Waals surface area contributed by atoms with Crippen LogP contribution in [0.4, 0.5) is 5.69 Å². The van der Waals surface area contributed by atoms with Gasteiger partial charge in [-0.2, -0.15) is 5.10 Å². The van der Waals surface area contributed by atoms with Crippen molar-refractivity contribution in [2.45, 2.75) is 6.92 Å². The molecule has 0 aliphatic heterocycles. The average molecular weight is 471 g/mol. The third kappa shape index (κ3) is 4.44. The molecular formula is C26H19ClN4OS. The normalized spacial score (nSPS) is 10.8. The Hall–Kier alpha value is -3.74. The Morgan fingerprint density at radius 3 is 2.36 bits per heavy atom. The second kappa shape index (κ2) is 9.02. The quantitative estimate of drug-likeness (QED) is 0.304. The molecule has 0 radical (unpaired) electrons. The van der Waals surface area contributed by atoms with E-state index in [1.807, 2.05) is 91.2 Å². The summed E-state index contributed by atoms with van der Waals surface area (Å²) in [4.78, 5) is 17.6. The van der Waals surface area contributed by atoms with Crippen LogP contribution in [0, 0.1) is 6.92 Å². The molecule has 162 valence electrons. The van der Waals surface area contributed by atoms with Crippen molar-refractivity contribution < 1.29 is 4.79 Å². The number of thiazole rings is 1. The number of halogens is 1. The maximum atomic E-state index is 12.8. The number of anilines is 1. The standard InChI is InChI=1S/C26H19ClN4OS/c1-17-23(15-28-31(17)22-5-3-2-4-6-22)25(32)29-21-13-9-18(10-14-21)24-16-33-26(30-24)19-7-11-20(27)12-8-19/h2-16H,1H3,(H,29,32). The van der Waals surface area contributed by atoms with Crippen LogP contribution in [0.25, 0.3) is 27.5 Å². The summed E-state index contributed by atoms with van der Waals surface area (Å²) in [5, 5.41) is 11.0. The maximum absolute atomic E-state index is 12.8. The number of aromatic nitrogens is 3. The van der Waals surface area contributed by atoms with Crippen molar-refractivity contribution in [3.63, 3.8) is 0 Å². The molecule has 2 heterocycles. The molecule has 33 heavy (non-hydrogen) atoms. The topological polar surface area (TPSA) is 59.8 Å². The number of carbonyl (C=O) groups is 1. The molecule has 3 aromatic carbocycles. The van der Waals surface area contributed by atoms with Crippen molar-refractivity contribution in [2.24, 2.45) is 0 Å². The molecule has 5 aromatic rings. The Morgan fingerprint density at radius 2 is 1.64 bits per heavy atom. The number of nitrogens with zero attached hydrogens (tertiary/aromatic N) is 3. The first-order chi connectivity index (χ1) is 16.1. The fourth-order valence-corrected chi connectivity index (χ4v) is 4.48. The van der Waals surface area contributed by atoms with Crippen LogP contribution in [-0.4, -0.2) is 20.7 Å². The number of carbonyl (C=O) groups excluding carboxylic acids is 1. The third-order valence-electron chi connectivity index (χ3n) is 5.29. The van der Waals surface area contributed by atoms with Gasteiger partial charge in [-0.25, -0.2) is 9.67 Å². The molecule has 0 unspecified atom stereocenters. The van der Waals surface area contributed by atoms with E-state index in [0.717, 1.165) is 33.2 Å². The van der Waals surface area contributed by atoms with Crippen LogP contribution in [0.1, 0.15) is 16.1 Å². The zero-order valence-corrected chi connectivity index (χ0v) is 19.3. The molecule has 0 spiro atoms. The minimum absolute atomic E-state index is 0.193. The van der Waals surface area contributed by atoms with Gasteiger partial charge in [-0.15, -0.1) is 11.3 Å². The molecule has 0 aliphatic carbocycles. The monoisotopic (exact) mass is 470 g/mol. The van der Waals surface area contributed by atoms with Crippen molar-refractivity contribution in [2.75, 3.05) is 5.32 Å². The van der Waals surface area contributed by atoms with Gasteiger partial charge in [0, 0.05) is 27.2 Å². The number of amides is 1. The predicted molar refractivity (Wildman–Crippen MR) is 134 cm³/mol. The van der Waals surface area contributed by atoms with Crippen LogP contribution in [0.3, 0.4) is 0 Å². The molecular weight excluding hydrogens is 452 g/mol. The van der Waals surface area contributed by atoms with Crippen LogP contribution in [0.5, 0.6) is 0 Å². The summed E-state index contributed by atoms with van der Waals surface area (Å²) in [6.07, 6.45) is 1.60. The maximum Gasteiger partial charge on any atom is 0.259 e. The van der Waals surface area contributed by atoms with Gasteiger partial charge >= 0.3 is 0 Å². The zero-order valence-electron chi connectivity index (χ0n) is 17.7. The van der Waals surface area contributed by atoms with Gasteiger partial charge in [-0.3, -0.25) is 4.79 Å². The summed E-state index contributed by atoms with van der Waals surface area (Å²) in [5.41, 5.74) is 5.86. The fraction of sp³-hybridized carbons (Fsp3) is 0.0385. The number of rotatable bonds is 5. The van der Waals surface area contributed by atoms with Crippen molar-refractivity contribution in [3.05, 3.63) is 107 Å². The Kier molecular flexibility index (Phi) is 5.77. The lowest BCUT2D eigenvalue weighted by molar-refractivity contribution is 0.102. The lowest BCUT2D eigenvalue weighted by Gasteiger charge is -2.07. The average Bonchev–Trinajstić information content (AvgIpc) is 3.48. The number of hydrogen-bond donors (Lipinski definition) is 1. The van der Waals surface area contributed by atoms with Crippen molar-refractivity contribution >= 4 is 34.5 Å². The van der Waals surface area contributed by atoms with Crippen LogP contribution < -0.4 is 5.32 Å². The van der Waals surface area contributed by atoms with Crippen LogP contribution in [-0.2, 0) is 0 Å². The summed E-state index contributed by atoms with van der Waals surface area (Å²) >= 11 is 7.56. The summed E-state index contributed by atoms with van der Waals surface area (Å²) in [5.74, 6) is -0.193. The Labute approximate surface area is 200 Å². The highest BCUT2D eigenvalue weighted by Gasteiger charge is 2.15. The number of hydrogen-bond acceptors (Lipinski definition) is 4. The summed E-state index contributed by atoms with van der Waals surface area (Å²) in [6, 6.07) is 25.1. The summed E-state index contributed by atoms with van der Waals surface area (Å²) in [6.45, 7) is 1.89. The van der Waals surface area contributed by atoms with Gasteiger partial charge in [-0.1, -0.05) is 54.1 Å². The SMILES string of the molecule is Cc1c(C(=O)Nc2ccc(-c3csc(-c4ccc(Cl)cc4)n3)cc2)cnn1-c1ccccc1. The van der Waals surface area contributed by atoms with Crippen molar-refractivity contribution in [1.82, 2.24) is 14.8 Å². The predicted octanol–water partition coefficient (Wildman–Crippen LogP) is 6.88. The van der Waals surface area contributed by atoms with Crippen LogP contribution >= 0.6 is 22.9 Å². The van der Waals surface area contributed by atoms with Crippen LogP contribution in [0.2, 0.25) is 5.02 Å². The van der Waals surface area contributed by atoms with Gasteiger partial charge in [0.2, 0.25) is 0 Å². The van der Waals surface area contributed by atoms with Crippen molar-refractivity contribution in [3.8, 4) is 27.5 Å². The molecule has 0 atom stereocenters. The molecule has 0 saturated carbocycles. The van der Waals surface area contributed by atoms with Crippen LogP contribution in [0.15, 0.2) is 90.4 Å². The first kappa shape index (κ1) is 21.1. The molecule has 5 rings (SSSR count). The van der Waals surface area contributed by atoms with Gasteiger partial charge in [0.25, 0.3) is 5.91 Å². The summed E-state index contributed by atoms with van der Waals surface area (Å²) < 4.78 is 1.76. The summed E-state index contributed by atoms with van der Waals surface area (Å²) in [7, 11) is 0. The molecule has 0 fully saturated rings. The van der Waals surface area contributed by atoms with Gasteiger partial charge in [-0.05, 0) is 43.3 Å². The molecule has 7 heteroatoms. The van der Waals surface area contributed by atoms with Gasteiger partial charge in [0.15, 0.2) is 0 Å². The fourth-order valence-electron chi connectivity index (χ4n) is 3.52. The molecule has 1 N–H and O–H groups in total. The van der Waals surface area contributed by atoms with E-state index in [9.17, 15) is 4.79 Å². The molecule has 5 nitrogen and oxygen atoms in total. The first-order valence-electron chi connectivity index (χ1n) is 10.3. The number of nitrogens with one attached hydrogen (secondary N) is 1. The lowest BCUT2D eigenvalue weighted by atomic mass is 10.1. The Bertz CT molecular complexity index is 1410. The van der Waals surface area contributed by atoms with Gasteiger partial charge in [0.1, 0.15) is 5.01 Å². The van der Waals surface area contributed by atoms with E-state index in [-0.39, 0.29) is 5.91 Å². The van der Waals surface area contributed by atoms with Crippen molar-refractivity contribution in [1.29, 1.82) is 0 Å². The molecule has 1 amide bonds. The Morgan fingerprint density at radius 1 is 0.939 bits per heavy atom. The zero-order chi connectivity index (χ0) is 22.8. The van der Waals surface area contributed by atoms with Gasteiger partial charge in [0.05, 0.1) is 28.8 Å². The second-order valence-electron chi connectivity index (χ2n) is 7.47. The molecule has 0 saturated heterocycles. The third-order valence-corrected chi connectivity index (χ3v) is 6.43. The highest BCUT2D eigenvalue weighted by molar-refractivity contribution is 7.13.